The average Bonchev–Trinajstić information content (AvgIpc) is 2.68. The van der Waals surface area contributed by atoms with Crippen molar-refractivity contribution in [3.63, 3.8) is 0 Å². The Bertz CT molecular complexity index is 873. The zero-order chi connectivity index (χ0) is 20.3. The number of fused-ring (bicyclic) bond motifs is 1. The molecule has 1 atom stereocenters. The van der Waals surface area contributed by atoms with E-state index in [1.165, 1.54) is 0 Å². The Hall–Kier alpha value is -3.02. The summed E-state index contributed by atoms with van der Waals surface area (Å²) in [5, 5.41) is 12.0. The molecule has 2 aromatic carbocycles. The number of nitrogens with one attached hydrogen (secondary N) is 1. The van der Waals surface area contributed by atoms with E-state index in [0.717, 1.165) is 11.1 Å². The van der Waals surface area contributed by atoms with Crippen molar-refractivity contribution in [1.82, 2.24) is 0 Å². The lowest BCUT2D eigenvalue weighted by Gasteiger charge is -2.26. The summed E-state index contributed by atoms with van der Waals surface area (Å²) in [6, 6.07) is 12.8. The lowest BCUT2D eigenvalue weighted by Crippen LogP contribution is -2.34. The molecule has 0 fully saturated rings. The highest BCUT2D eigenvalue weighted by Crippen LogP contribution is 2.35. The number of hydrogen-bond acceptors (Lipinski definition) is 4. The van der Waals surface area contributed by atoms with Crippen molar-refractivity contribution in [3.05, 3.63) is 53.6 Å². The zero-order valence-corrected chi connectivity index (χ0v) is 16.3. The number of aliphatic carboxylic acids is 1. The highest BCUT2D eigenvalue weighted by molar-refractivity contribution is 5.98. The van der Waals surface area contributed by atoms with Crippen LogP contribution >= 0.6 is 0 Å². The molecule has 1 aliphatic rings. The third-order valence-corrected chi connectivity index (χ3v) is 5.01. The number of rotatable bonds is 6. The Balaban J connectivity index is 1.70. The molecule has 1 aliphatic heterocycles. The molecule has 1 unspecified atom stereocenters. The van der Waals surface area contributed by atoms with Crippen LogP contribution in [-0.2, 0) is 21.4 Å². The van der Waals surface area contributed by atoms with Gasteiger partial charge in [0.2, 0.25) is 5.91 Å². The number of benzene rings is 2. The number of amides is 1. The second-order valence-corrected chi connectivity index (χ2v) is 7.58. The molecule has 1 heterocycles. The van der Waals surface area contributed by atoms with E-state index in [9.17, 15) is 9.59 Å². The van der Waals surface area contributed by atoms with E-state index in [0.29, 0.717) is 36.8 Å². The zero-order valence-electron chi connectivity index (χ0n) is 16.3. The topological polar surface area (TPSA) is 84.9 Å². The highest BCUT2D eigenvalue weighted by Gasteiger charge is 2.31. The van der Waals surface area contributed by atoms with E-state index in [2.05, 4.69) is 5.32 Å². The van der Waals surface area contributed by atoms with Crippen LogP contribution in [0.4, 0.5) is 5.69 Å². The molecule has 0 bridgehead atoms. The Labute approximate surface area is 164 Å². The molecule has 6 heteroatoms. The van der Waals surface area contributed by atoms with Gasteiger partial charge < -0.3 is 19.9 Å². The van der Waals surface area contributed by atoms with Crippen molar-refractivity contribution in [1.29, 1.82) is 0 Å². The van der Waals surface area contributed by atoms with Crippen LogP contribution in [0.15, 0.2) is 42.5 Å². The van der Waals surface area contributed by atoms with Crippen molar-refractivity contribution in [3.8, 4) is 11.5 Å². The van der Waals surface area contributed by atoms with Gasteiger partial charge >= 0.3 is 5.97 Å². The van der Waals surface area contributed by atoms with Crippen LogP contribution in [0, 0.1) is 5.92 Å². The molecular weight excluding hydrogens is 358 g/mol. The summed E-state index contributed by atoms with van der Waals surface area (Å²) in [5.74, 6) is -0.0668. The molecule has 0 radical (unpaired) electrons. The molecule has 0 spiro atoms. The predicted molar refractivity (Wildman–Crippen MR) is 106 cm³/mol. The molecule has 0 aromatic heterocycles. The second kappa shape index (κ2) is 7.92. The first-order chi connectivity index (χ1) is 13.3. The van der Waals surface area contributed by atoms with Gasteiger partial charge in [-0.15, -0.1) is 0 Å². The maximum atomic E-state index is 12.9. The van der Waals surface area contributed by atoms with Crippen LogP contribution in [0.1, 0.15) is 31.9 Å². The van der Waals surface area contributed by atoms with Crippen LogP contribution in [0.2, 0.25) is 0 Å². The molecular formula is C22H25NO5. The number of carbonyl (C=O) groups excluding carboxylic acids is 1. The lowest BCUT2D eigenvalue weighted by atomic mass is 9.83. The van der Waals surface area contributed by atoms with Crippen molar-refractivity contribution < 1.29 is 24.2 Å². The minimum Gasteiger partial charge on any atom is -0.486 e. The Kier molecular flexibility index (Phi) is 5.58. The number of carboxylic acids is 1. The molecule has 0 saturated carbocycles. The third kappa shape index (κ3) is 4.27. The standard InChI is InChI=1S/C22H25NO5/c1-14(20(24)25)12-15-4-7-17(8-5-15)23-21(26)22(2,3)16-6-9-18-19(13-16)28-11-10-27-18/h4-9,13-14H,10-12H2,1-3H3,(H,23,26)(H,24,25). The van der Waals surface area contributed by atoms with E-state index in [-0.39, 0.29) is 5.91 Å². The number of carbonyl (C=O) groups is 2. The van der Waals surface area contributed by atoms with Gasteiger partial charge in [0, 0.05) is 5.69 Å². The van der Waals surface area contributed by atoms with E-state index in [4.69, 9.17) is 14.6 Å². The van der Waals surface area contributed by atoms with Gasteiger partial charge in [0.15, 0.2) is 11.5 Å². The van der Waals surface area contributed by atoms with E-state index in [1.807, 2.05) is 44.2 Å². The first-order valence-corrected chi connectivity index (χ1v) is 9.30. The Morgan fingerprint density at radius 3 is 2.36 bits per heavy atom. The summed E-state index contributed by atoms with van der Waals surface area (Å²) in [7, 11) is 0. The maximum absolute atomic E-state index is 12.9. The maximum Gasteiger partial charge on any atom is 0.306 e. The molecule has 2 aromatic rings. The minimum absolute atomic E-state index is 0.143. The van der Waals surface area contributed by atoms with Crippen molar-refractivity contribution in [2.75, 3.05) is 18.5 Å². The molecule has 28 heavy (non-hydrogen) atoms. The molecule has 0 saturated heterocycles. The van der Waals surface area contributed by atoms with Crippen LogP contribution in [0.5, 0.6) is 11.5 Å². The number of anilines is 1. The van der Waals surface area contributed by atoms with E-state index < -0.39 is 17.3 Å². The molecule has 0 aliphatic carbocycles. The summed E-state index contributed by atoms with van der Waals surface area (Å²) < 4.78 is 11.2. The summed E-state index contributed by atoms with van der Waals surface area (Å²) in [6.45, 7) is 6.41. The highest BCUT2D eigenvalue weighted by atomic mass is 16.6. The van der Waals surface area contributed by atoms with Gasteiger partial charge in [-0.05, 0) is 55.7 Å². The van der Waals surface area contributed by atoms with Gasteiger partial charge in [-0.1, -0.05) is 25.1 Å². The van der Waals surface area contributed by atoms with Gasteiger partial charge in [0.25, 0.3) is 0 Å². The van der Waals surface area contributed by atoms with Gasteiger partial charge in [-0.2, -0.15) is 0 Å². The largest absolute Gasteiger partial charge is 0.486 e. The lowest BCUT2D eigenvalue weighted by molar-refractivity contribution is -0.141. The number of hydrogen-bond donors (Lipinski definition) is 2. The monoisotopic (exact) mass is 383 g/mol. The summed E-state index contributed by atoms with van der Waals surface area (Å²) in [4.78, 5) is 23.9. The van der Waals surface area contributed by atoms with Crippen LogP contribution in [0.3, 0.4) is 0 Å². The number of ether oxygens (including phenoxy) is 2. The van der Waals surface area contributed by atoms with Crippen molar-refractivity contribution in [2.24, 2.45) is 5.92 Å². The minimum atomic E-state index is -0.821. The predicted octanol–water partition coefficient (Wildman–Crippen LogP) is 3.64. The van der Waals surface area contributed by atoms with Crippen LogP contribution in [0.25, 0.3) is 0 Å². The quantitative estimate of drug-likeness (QED) is 0.796. The fraction of sp³-hybridized carbons (Fsp3) is 0.364. The second-order valence-electron chi connectivity index (χ2n) is 7.58. The van der Waals surface area contributed by atoms with Gasteiger partial charge in [0.1, 0.15) is 13.2 Å². The van der Waals surface area contributed by atoms with Gasteiger partial charge in [-0.25, -0.2) is 0 Å². The first-order valence-electron chi connectivity index (χ1n) is 9.30. The smallest absolute Gasteiger partial charge is 0.306 e. The SMILES string of the molecule is CC(Cc1ccc(NC(=O)C(C)(C)c2ccc3c(c2)OCCO3)cc1)C(=O)O. The fourth-order valence-corrected chi connectivity index (χ4v) is 3.02. The van der Waals surface area contributed by atoms with E-state index in [1.54, 1.807) is 19.1 Å². The van der Waals surface area contributed by atoms with E-state index >= 15 is 0 Å². The van der Waals surface area contributed by atoms with Crippen LogP contribution < -0.4 is 14.8 Å². The molecule has 1 amide bonds. The molecule has 2 N–H and O–H groups in total. The average molecular weight is 383 g/mol. The van der Waals surface area contributed by atoms with Crippen LogP contribution in [-0.4, -0.2) is 30.2 Å². The molecule has 6 nitrogen and oxygen atoms in total. The first kappa shape index (κ1) is 19.7. The third-order valence-electron chi connectivity index (χ3n) is 5.01. The normalized spacial score (nSPS) is 14.2. The summed E-state index contributed by atoms with van der Waals surface area (Å²) in [5.41, 5.74) is 1.65. The summed E-state index contributed by atoms with van der Waals surface area (Å²) in [6.07, 6.45) is 0.451. The van der Waals surface area contributed by atoms with Crippen molar-refractivity contribution in [2.45, 2.75) is 32.6 Å². The van der Waals surface area contributed by atoms with Gasteiger partial charge in [-0.3, -0.25) is 9.59 Å². The fourth-order valence-electron chi connectivity index (χ4n) is 3.02. The number of carboxylic acid groups (broad SMARTS) is 1. The Morgan fingerprint density at radius 2 is 1.71 bits per heavy atom. The summed E-state index contributed by atoms with van der Waals surface area (Å²) >= 11 is 0. The molecule has 3 rings (SSSR count). The van der Waals surface area contributed by atoms with Crippen molar-refractivity contribution >= 4 is 17.6 Å². The van der Waals surface area contributed by atoms with Gasteiger partial charge in [0.05, 0.1) is 11.3 Å². The Morgan fingerprint density at radius 1 is 1.07 bits per heavy atom. The molecule has 148 valence electrons.